The van der Waals surface area contributed by atoms with Crippen LogP contribution in [0.3, 0.4) is 0 Å². The summed E-state index contributed by atoms with van der Waals surface area (Å²) < 4.78 is 79.4. The zero-order valence-electron chi connectivity index (χ0n) is 17.1. The van der Waals surface area contributed by atoms with E-state index in [1.54, 1.807) is 4.72 Å². The van der Waals surface area contributed by atoms with Crippen LogP contribution in [0, 0.1) is 0 Å². The van der Waals surface area contributed by atoms with Gasteiger partial charge in [-0.3, -0.25) is 4.72 Å². The molecule has 0 amide bonds. The van der Waals surface area contributed by atoms with Crippen molar-refractivity contribution in [3.05, 3.63) is 22.7 Å². The molecule has 1 atom stereocenters. The van der Waals surface area contributed by atoms with Crippen LogP contribution in [-0.2, 0) is 21.6 Å². The van der Waals surface area contributed by atoms with Crippen LogP contribution >= 0.6 is 11.3 Å². The van der Waals surface area contributed by atoms with Gasteiger partial charge in [-0.05, 0) is 37.5 Å². The van der Waals surface area contributed by atoms with Gasteiger partial charge in [-0.15, -0.1) is 30.4 Å². The lowest BCUT2D eigenvalue weighted by Crippen LogP contribution is -2.34. The summed E-state index contributed by atoms with van der Waals surface area (Å²) in [4.78, 5) is 13.6. The van der Waals surface area contributed by atoms with Gasteiger partial charge >= 0.3 is 22.5 Å². The number of carbonyl (C=O) groups excluding carboxylic acids is 1. The first-order chi connectivity index (χ1) is 15.4. The number of azo groups is 1. The first kappa shape index (κ1) is 24.7. The number of nitrogens with one attached hydrogen (secondary N) is 2. The third kappa shape index (κ3) is 6.32. The Hall–Kier alpha value is -2.92. The second kappa shape index (κ2) is 9.52. The van der Waals surface area contributed by atoms with Crippen molar-refractivity contribution in [3.63, 3.8) is 0 Å². The maximum Gasteiger partial charge on any atom is 0.415 e. The number of fused-ring (bicyclic) bond motifs is 1. The number of halogens is 4. The highest BCUT2D eigenvalue weighted by Crippen LogP contribution is 2.39. The number of ether oxygens (including phenoxy) is 1. The number of benzene rings is 1. The van der Waals surface area contributed by atoms with Crippen molar-refractivity contribution in [3.8, 4) is 0 Å². The fourth-order valence-corrected chi connectivity index (χ4v) is 3.94. The Morgan fingerprint density at radius 1 is 1.36 bits per heavy atom. The van der Waals surface area contributed by atoms with Crippen molar-refractivity contribution >= 4 is 49.9 Å². The van der Waals surface area contributed by atoms with Gasteiger partial charge in [-0.25, -0.2) is 4.79 Å². The van der Waals surface area contributed by atoms with Gasteiger partial charge in [0.2, 0.25) is 5.01 Å². The molecule has 2 aromatic rings. The summed E-state index contributed by atoms with van der Waals surface area (Å²) in [7, 11) is -3.32. The molecule has 17 heteroatoms. The number of hydrogen-bond donors (Lipinski definition) is 2. The van der Waals surface area contributed by atoms with Gasteiger partial charge in [0.1, 0.15) is 12.2 Å². The molecule has 0 radical (unpaired) electrons. The van der Waals surface area contributed by atoms with E-state index in [1.165, 1.54) is 12.1 Å². The average molecular weight is 511 g/mol. The summed E-state index contributed by atoms with van der Waals surface area (Å²) in [5.41, 5.74) is 1.95. The van der Waals surface area contributed by atoms with E-state index in [2.05, 4.69) is 25.2 Å². The molecule has 33 heavy (non-hydrogen) atoms. The average Bonchev–Trinajstić information content (AvgIpc) is 3.17. The Morgan fingerprint density at radius 3 is 2.76 bits per heavy atom. The van der Waals surface area contributed by atoms with E-state index in [1.807, 2.05) is 18.9 Å². The lowest BCUT2D eigenvalue weighted by molar-refractivity contribution is -0.201. The predicted molar refractivity (Wildman–Crippen MR) is 110 cm³/mol. The van der Waals surface area contributed by atoms with Crippen molar-refractivity contribution < 1.29 is 35.1 Å². The monoisotopic (exact) mass is 511 g/mol. The quantitative estimate of drug-likeness (QED) is 0.180. The number of hydrogen-bond acceptors (Lipinski definition) is 11. The van der Waals surface area contributed by atoms with Gasteiger partial charge in [0.25, 0.3) is 5.13 Å². The molecule has 180 valence electrons. The van der Waals surface area contributed by atoms with Crippen LogP contribution in [0.1, 0.15) is 28.7 Å². The zero-order chi connectivity index (χ0) is 24.4. The summed E-state index contributed by atoms with van der Waals surface area (Å²) >= 11 is 0.442. The molecular formula is C16H17F4N7O4S2. The van der Waals surface area contributed by atoms with Crippen LogP contribution < -0.4 is 15.2 Å². The molecule has 0 bridgehead atoms. The SMILES string of the molecule is CC1CCc2cc(N=Nc3nnc(C(=O)OC(F)(F)CNF)s3)c(NS(=O)(=O)F)cc2N1C. The van der Waals surface area contributed by atoms with Gasteiger partial charge in [0.05, 0.1) is 5.69 Å². The lowest BCUT2D eigenvalue weighted by Gasteiger charge is -2.34. The number of anilines is 2. The second-order valence-electron chi connectivity index (χ2n) is 6.96. The van der Waals surface area contributed by atoms with E-state index in [0.717, 1.165) is 12.0 Å². The number of esters is 1. The molecular weight excluding hydrogens is 494 g/mol. The molecule has 0 fully saturated rings. The second-order valence-corrected chi connectivity index (χ2v) is 9.00. The lowest BCUT2D eigenvalue weighted by atomic mass is 9.96. The fraction of sp³-hybridized carbons (Fsp3) is 0.438. The Balaban J connectivity index is 1.87. The number of aryl methyl sites for hydroxylation is 1. The van der Waals surface area contributed by atoms with Crippen molar-refractivity contribution in [1.29, 1.82) is 0 Å². The third-order valence-electron chi connectivity index (χ3n) is 4.65. The summed E-state index contributed by atoms with van der Waals surface area (Å²) in [6.45, 7) is 0.432. The smallest absolute Gasteiger partial charge is 0.394 e. The topological polar surface area (TPSA) is 138 Å². The largest absolute Gasteiger partial charge is 0.415 e. The van der Waals surface area contributed by atoms with Crippen LogP contribution in [-0.4, -0.2) is 50.3 Å². The standard InChI is InChI=1S/C16H17F4N7O4S2/c1-8-3-4-9-5-10(11(26-33(20,29)30)6-12(9)27(8)2)22-24-15-25-23-13(32-15)14(28)31-16(17,18)7-21-19/h5-6,8,21,26H,3-4,7H2,1-2H3. The van der Waals surface area contributed by atoms with E-state index in [4.69, 9.17) is 0 Å². The Labute approximate surface area is 189 Å². The van der Waals surface area contributed by atoms with Gasteiger partial charge in [-0.1, -0.05) is 15.2 Å². The number of aromatic nitrogens is 2. The van der Waals surface area contributed by atoms with Crippen LogP contribution in [0.25, 0.3) is 0 Å². The Kier molecular flexibility index (Phi) is 7.13. The number of rotatable bonds is 8. The maximum absolute atomic E-state index is 13.3. The van der Waals surface area contributed by atoms with Gasteiger partial charge in [-0.2, -0.15) is 17.2 Å². The van der Waals surface area contributed by atoms with E-state index in [9.17, 15) is 30.4 Å². The molecule has 0 spiro atoms. The van der Waals surface area contributed by atoms with Crippen LogP contribution in [0.15, 0.2) is 22.4 Å². The number of carbonyl (C=O) groups is 1. The molecule has 0 aliphatic carbocycles. The molecule has 1 aliphatic heterocycles. The van der Waals surface area contributed by atoms with E-state index >= 15 is 0 Å². The zero-order valence-corrected chi connectivity index (χ0v) is 18.7. The summed E-state index contributed by atoms with van der Waals surface area (Å²) in [5.74, 6) is -1.56. The summed E-state index contributed by atoms with van der Waals surface area (Å²) in [6.07, 6.45) is -2.65. The highest BCUT2D eigenvalue weighted by atomic mass is 32.3. The number of alkyl halides is 2. The molecule has 1 aromatic carbocycles. The minimum Gasteiger partial charge on any atom is -0.394 e. The van der Waals surface area contributed by atoms with Crippen LogP contribution in [0.4, 0.5) is 39.3 Å². The molecule has 1 aliphatic rings. The Bertz CT molecular complexity index is 1180. The van der Waals surface area contributed by atoms with Crippen molar-refractivity contribution in [2.75, 3.05) is 23.2 Å². The Morgan fingerprint density at radius 2 is 2.09 bits per heavy atom. The van der Waals surface area contributed by atoms with E-state index < -0.39 is 34.0 Å². The van der Waals surface area contributed by atoms with Crippen molar-refractivity contribution in [2.45, 2.75) is 31.9 Å². The number of nitrogens with zero attached hydrogens (tertiary/aromatic N) is 5. The molecule has 0 saturated carbocycles. The summed E-state index contributed by atoms with van der Waals surface area (Å²) in [5, 5.41) is 13.6. The first-order valence-corrected chi connectivity index (χ1v) is 11.4. The maximum atomic E-state index is 13.3. The predicted octanol–water partition coefficient (Wildman–Crippen LogP) is 3.57. The minimum absolute atomic E-state index is 0.0437. The molecule has 11 nitrogen and oxygen atoms in total. The van der Waals surface area contributed by atoms with Gasteiger partial charge < -0.3 is 9.64 Å². The van der Waals surface area contributed by atoms with Crippen LogP contribution in [0.2, 0.25) is 0 Å². The van der Waals surface area contributed by atoms with E-state index in [-0.39, 0.29) is 22.5 Å². The third-order valence-corrected chi connectivity index (χ3v) is 5.90. The summed E-state index contributed by atoms with van der Waals surface area (Å²) in [6, 6.07) is 3.11. The highest BCUT2D eigenvalue weighted by Gasteiger charge is 2.35. The molecule has 3 rings (SSSR count). The first-order valence-electron chi connectivity index (χ1n) is 9.20. The fourth-order valence-electron chi connectivity index (χ4n) is 2.97. The molecule has 2 heterocycles. The van der Waals surface area contributed by atoms with Crippen LogP contribution in [0.5, 0.6) is 0 Å². The van der Waals surface area contributed by atoms with E-state index in [0.29, 0.717) is 29.0 Å². The van der Waals surface area contributed by atoms with Gasteiger partial charge in [0.15, 0.2) is 0 Å². The highest BCUT2D eigenvalue weighted by molar-refractivity contribution is 7.87. The van der Waals surface area contributed by atoms with Crippen molar-refractivity contribution in [2.24, 2.45) is 10.2 Å². The van der Waals surface area contributed by atoms with Gasteiger partial charge in [0, 0.05) is 18.8 Å². The minimum atomic E-state index is -5.13. The normalized spacial score (nSPS) is 16.7. The molecule has 1 unspecified atom stereocenters. The molecule has 1 aromatic heterocycles. The molecule has 2 N–H and O–H groups in total. The molecule has 0 saturated heterocycles. The van der Waals surface area contributed by atoms with Crippen molar-refractivity contribution in [1.82, 2.24) is 15.7 Å².